The zero-order chi connectivity index (χ0) is 16.2. The molecule has 1 N–H and O–H groups in total. The van der Waals surface area contributed by atoms with Crippen molar-refractivity contribution >= 4 is 23.2 Å². The number of nitrogens with one attached hydrogen (secondary N) is 1. The number of fused-ring (bicyclic) bond motifs is 1. The molecule has 0 saturated carbocycles. The summed E-state index contributed by atoms with van der Waals surface area (Å²) in [4.78, 5) is 14.4. The van der Waals surface area contributed by atoms with Crippen molar-refractivity contribution in [2.45, 2.75) is 13.0 Å². The van der Waals surface area contributed by atoms with E-state index in [0.29, 0.717) is 23.0 Å². The van der Waals surface area contributed by atoms with E-state index in [-0.39, 0.29) is 5.91 Å². The second-order valence-corrected chi connectivity index (χ2v) is 6.03. The van der Waals surface area contributed by atoms with Gasteiger partial charge in [0.05, 0.1) is 18.7 Å². The number of carbonyl (C=O) groups is 1. The molecule has 0 saturated heterocycles. The molecular formula is C18H19ClN2O2. The lowest BCUT2D eigenvalue weighted by Gasteiger charge is -2.28. The van der Waals surface area contributed by atoms with Gasteiger partial charge in [0.15, 0.2) is 0 Å². The van der Waals surface area contributed by atoms with Crippen molar-refractivity contribution in [2.75, 3.05) is 25.5 Å². The molecule has 0 fully saturated rings. The Morgan fingerprint density at radius 1 is 1.26 bits per heavy atom. The van der Waals surface area contributed by atoms with E-state index >= 15 is 0 Å². The van der Waals surface area contributed by atoms with Gasteiger partial charge in [-0.25, -0.2) is 0 Å². The maximum absolute atomic E-state index is 12.2. The van der Waals surface area contributed by atoms with Crippen molar-refractivity contribution in [1.82, 2.24) is 4.90 Å². The molecule has 0 bridgehead atoms. The first-order chi connectivity index (χ1) is 11.2. The predicted molar refractivity (Wildman–Crippen MR) is 92.1 cm³/mol. The molecule has 1 aliphatic heterocycles. The third kappa shape index (κ3) is 3.84. The minimum absolute atomic E-state index is 0.0365. The van der Waals surface area contributed by atoms with Crippen LogP contribution in [0.4, 0.5) is 5.69 Å². The molecular weight excluding hydrogens is 312 g/mol. The van der Waals surface area contributed by atoms with Crippen LogP contribution < -0.4 is 10.1 Å². The van der Waals surface area contributed by atoms with E-state index in [1.807, 2.05) is 6.07 Å². The standard InChI is InChI=1S/C18H19ClN2O2/c1-23-17-7-6-15(10-16(17)19)20-18(22)12-21-9-8-13-4-2-3-5-14(13)11-21/h2-7,10H,8-9,11-12H2,1H3,(H,20,22). The summed E-state index contributed by atoms with van der Waals surface area (Å²) < 4.78 is 5.11. The van der Waals surface area contributed by atoms with Crippen molar-refractivity contribution in [3.8, 4) is 5.75 Å². The van der Waals surface area contributed by atoms with Gasteiger partial charge in [-0.2, -0.15) is 0 Å². The van der Waals surface area contributed by atoms with E-state index < -0.39 is 0 Å². The number of methoxy groups -OCH3 is 1. The van der Waals surface area contributed by atoms with Gasteiger partial charge < -0.3 is 10.1 Å². The van der Waals surface area contributed by atoms with Gasteiger partial charge in [-0.15, -0.1) is 0 Å². The second-order valence-electron chi connectivity index (χ2n) is 5.63. The summed E-state index contributed by atoms with van der Waals surface area (Å²) in [6, 6.07) is 13.6. The van der Waals surface area contributed by atoms with Crippen LogP contribution in [0.3, 0.4) is 0 Å². The summed E-state index contributed by atoms with van der Waals surface area (Å²) in [5.74, 6) is 0.558. The Bertz CT molecular complexity index is 718. The molecule has 0 atom stereocenters. The van der Waals surface area contributed by atoms with Gasteiger partial charge >= 0.3 is 0 Å². The highest BCUT2D eigenvalue weighted by Gasteiger charge is 2.18. The maximum atomic E-state index is 12.2. The van der Waals surface area contributed by atoms with Crippen molar-refractivity contribution in [3.63, 3.8) is 0 Å². The smallest absolute Gasteiger partial charge is 0.238 e. The molecule has 0 aliphatic carbocycles. The van der Waals surface area contributed by atoms with E-state index in [4.69, 9.17) is 16.3 Å². The fourth-order valence-electron chi connectivity index (χ4n) is 2.84. The Balaban J connectivity index is 1.59. The van der Waals surface area contributed by atoms with Gasteiger partial charge in [0.2, 0.25) is 5.91 Å². The van der Waals surface area contributed by atoms with Crippen LogP contribution in [0, 0.1) is 0 Å². The summed E-state index contributed by atoms with van der Waals surface area (Å²) in [7, 11) is 1.56. The molecule has 23 heavy (non-hydrogen) atoms. The lowest BCUT2D eigenvalue weighted by Crippen LogP contribution is -2.37. The molecule has 1 amide bonds. The quantitative estimate of drug-likeness (QED) is 0.934. The van der Waals surface area contributed by atoms with Gasteiger partial charge in [0, 0.05) is 18.8 Å². The first kappa shape index (κ1) is 15.8. The maximum Gasteiger partial charge on any atom is 0.238 e. The fourth-order valence-corrected chi connectivity index (χ4v) is 3.09. The summed E-state index contributed by atoms with van der Waals surface area (Å²) >= 11 is 6.07. The van der Waals surface area contributed by atoms with Gasteiger partial charge in [0.1, 0.15) is 5.75 Å². The highest BCUT2D eigenvalue weighted by atomic mass is 35.5. The Morgan fingerprint density at radius 3 is 2.78 bits per heavy atom. The number of halogens is 1. The monoisotopic (exact) mass is 330 g/mol. The second kappa shape index (κ2) is 7.02. The molecule has 2 aromatic rings. The van der Waals surface area contributed by atoms with Crippen LogP contribution in [0.2, 0.25) is 5.02 Å². The van der Waals surface area contributed by atoms with Crippen molar-refractivity contribution in [1.29, 1.82) is 0 Å². The molecule has 2 aromatic carbocycles. The summed E-state index contributed by atoms with van der Waals surface area (Å²) in [5.41, 5.74) is 3.36. The molecule has 4 nitrogen and oxygen atoms in total. The third-order valence-corrected chi connectivity index (χ3v) is 4.31. The van der Waals surface area contributed by atoms with E-state index in [0.717, 1.165) is 19.5 Å². The molecule has 120 valence electrons. The molecule has 0 aromatic heterocycles. The van der Waals surface area contributed by atoms with Crippen molar-refractivity contribution in [3.05, 3.63) is 58.6 Å². The number of benzene rings is 2. The average molecular weight is 331 g/mol. The predicted octanol–water partition coefficient (Wildman–Crippen LogP) is 3.35. The largest absolute Gasteiger partial charge is 0.495 e. The van der Waals surface area contributed by atoms with Gasteiger partial charge in [-0.1, -0.05) is 35.9 Å². The summed E-state index contributed by atoms with van der Waals surface area (Å²) in [6.07, 6.45) is 0.984. The van der Waals surface area contributed by atoms with E-state index in [1.54, 1.807) is 25.3 Å². The summed E-state index contributed by atoms with van der Waals surface area (Å²) in [5, 5.41) is 3.37. The first-order valence-corrected chi connectivity index (χ1v) is 7.96. The number of amides is 1. The zero-order valence-electron chi connectivity index (χ0n) is 13.0. The molecule has 1 heterocycles. The number of ether oxygens (including phenoxy) is 1. The van der Waals surface area contributed by atoms with E-state index in [9.17, 15) is 4.79 Å². The minimum atomic E-state index is -0.0365. The Kier molecular flexibility index (Phi) is 4.84. The average Bonchev–Trinajstić information content (AvgIpc) is 2.55. The van der Waals surface area contributed by atoms with Gasteiger partial charge in [-0.3, -0.25) is 9.69 Å². The Morgan fingerprint density at radius 2 is 2.04 bits per heavy atom. The van der Waals surface area contributed by atoms with Crippen LogP contribution in [0.15, 0.2) is 42.5 Å². The lowest BCUT2D eigenvalue weighted by molar-refractivity contribution is -0.117. The SMILES string of the molecule is COc1ccc(NC(=O)CN2CCc3ccccc3C2)cc1Cl. The van der Waals surface area contributed by atoms with Crippen LogP contribution in [0.5, 0.6) is 5.75 Å². The first-order valence-electron chi connectivity index (χ1n) is 7.58. The number of rotatable bonds is 4. The van der Waals surface area contributed by atoms with Gasteiger partial charge in [0.25, 0.3) is 0 Å². The molecule has 1 aliphatic rings. The number of nitrogens with zero attached hydrogens (tertiary/aromatic N) is 1. The van der Waals surface area contributed by atoms with Crippen LogP contribution in [0.1, 0.15) is 11.1 Å². The van der Waals surface area contributed by atoms with Crippen molar-refractivity contribution < 1.29 is 9.53 Å². The van der Waals surface area contributed by atoms with Gasteiger partial charge in [-0.05, 0) is 35.7 Å². The molecule has 5 heteroatoms. The topological polar surface area (TPSA) is 41.6 Å². The molecule has 3 rings (SSSR count). The minimum Gasteiger partial charge on any atom is -0.495 e. The highest BCUT2D eigenvalue weighted by molar-refractivity contribution is 6.32. The number of hydrogen-bond donors (Lipinski definition) is 1. The van der Waals surface area contributed by atoms with Crippen molar-refractivity contribution in [2.24, 2.45) is 0 Å². The molecule has 0 radical (unpaired) electrons. The zero-order valence-corrected chi connectivity index (χ0v) is 13.8. The van der Waals surface area contributed by atoms with E-state index in [1.165, 1.54) is 11.1 Å². The molecule has 0 unspecified atom stereocenters. The van der Waals surface area contributed by atoms with Crippen LogP contribution >= 0.6 is 11.6 Å². The number of hydrogen-bond acceptors (Lipinski definition) is 3. The number of anilines is 1. The normalized spacial score (nSPS) is 14.2. The Labute approximate surface area is 141 Å². The van der Waals surface area contributed by atoms with Crippen LogP contribution in [0.25, 0.3) is 0 Å². The number of carbonyl (C=O) groups excluding carboxylic acids is 1. The van der Waals surface area contributed by atoms with Crippen LogP contribution in [-0.2, 0) is 17.8 Å². The third-order valence-electron chi connectivity index (χ3n) is 4.01. The van der Waals surface area contributed by atoms with E-state index in [2.05, 4.69) is 28.4 Å². The highest BCUT2D eigenvalue weighted by Crippen LogP contribution is 2.27. The summed E-state index contributed by atoms with van der Waals surface area (Å²) in [6.45, 7) is 2.08. The van der Waals surface area contributed by atoms with Crippen LogP contribution in [-0.4, -0.2) is 31.0 Å². The Hall–Kier alpha value is -2.04. The molecule has 0 spiro atoms. The fraction of sp³-hybridized carbons (Fsp3) is 0.278. The lowest BCUT2D eigenvalue weighted by atomic mass is 10.00.